The second-order valence-electron chi connectivity index (χ2n) is 17.6. The van der Waals surface area contributed by atoms with Gasteiger partial charge in [0.05, 0.1) is 55.0 Å². The van der Waals surface area contributed by atoms with Crippen molar-refractivity contribution in [3.63, 3.8) is 0 Å². The molecule has 66 heavy (non-hydrogen) atoms. The first-order chi connectivity index (χ1) is 32.3. The van der Waals surface area contributed by atoms with Crippen LogP contribution in [0.4, 0.5) is 5.69 Å². The molecule has 0 spiro atoms. The summed E-state index contributed by atoms with van der Waals surface area (Å²) in [6.45, 7) is 18.1. The SMILES string of the molecule is [C-]#[N+]c1c(-c2ccccc2)c(C#N)c(-n2c3cc(C)c(C)cc3c3ccc4c5ccccc5sc4c32)c(-c2ccccc2)c1-n1c2cc(C)c(C)cc2c2ccc3c4ccccc4sc3c21. The van der Waals surface area contributed by atoms with Crippen molar-refractivity contribution in [2.45, 2.75) is 27.7 Å². The number of fused-ring (bicyclic) bond motifs is 14. The quantitative estimate of drug-likeness (QED) is 0.162. The fourth-order valence-electron chi connectivity index (χ4n) is 10.7. The zero-order valence-electron chi connectivity index (χ0n) is 36.6. The summed E-state index contributed by atoms with van der Waals surface area (Å²) in [6.07, 6.45) is 0. The smallest absolute Gasteiger partial charge is 0.220 e. The number of nitriles is 1. The molecule has 0 aliphatic rings. The zero-order valence-corrected chi connectivity index (χ0v) is 38.2. The minimum Gasteiger partial charge on any atom is -0.317 e. The first kappa shape index (κ1) is 38.5. The molecule has 9 aromatic carbocycles. The molecule has 6 heteroatoms. The molecule has 13 rings (SSSR count). The van der Waals surface area contributed by atoms with Crippen molar-refractivity contribution >= 4 is 112 Å². The predicted octanol–water partition coefficient (Wildman–Crippen LogP) is 17.6. The Balaban J connectivity index is 1.36. The minimum absolute atomic E-state index is 0.440. The molecule has 0 amide bonds. The Labute approximate surface area is 388 Å². The molecule has 310 valence electrons. The van der Waals surface area contributed by atoms with Crippen LogP contribution < -0.4 is 0 Å². The molecular formula is C60H38N4S2. The van der Waals surface area contributed by atoms with Crippen molar-refractivity contribution in [3.8, 4) is 39.7 Å². The lowest BCUT2D eigenvalue weighted by Gasteiger charge is -2.26. The van der Waals surface area contributed by atoms with Crippen LogP contribution >= 0.6 is 22.7 Å². The van der Waals surface area contributed by atoms with Crippen LogP contribution in [0.3, 0.4) is 0 Å². The maximum atomic E-state index is 12.0. The number of nitrogens with zero attached hydrogens (tertiary/aromatic N) is 4. The van der Waals surface area contributed by atoms with Crippen molar-refractivity contribution in [3.05, 3.63) is 197 Å². The van der Waals surface area contributed by atoms with E-state index in [9.17, 15) is 11.8 Å². The standard InChI is InChI=1S/C60H38N4S2/c1-33-28-45-41-24-26-43-39-20-12-14-22-50(39)65-59(43)56(41)63(48(45)30-35(33)3)55-47(32-61)52(37-16-8-6-9-17-37)54(62-5)58(53(55)38-18-10-7-11-19-38)64-49-31-36(4)34(2)29-46(49)42-25-27-44-40-21-13-15-23-51(40)66-60(44)57(42)64/h6-31H,1-4H3. The summed E-state index contributed by atoms with van der Waals surface area (Å²) in [5, 5.41) is 21.3. The van der Waals surface area contributed by atoms with Gasteiger partial charge in [-0.2, -0.15) is 5.26 Å². The van der Waals surface area contributed by atoms with E-state index in [2.05, 4.69) is 169 Å². The van der Waals surface area contributed by atoms with Gasteiger partial charge in [-0.25, -0.2) is 4.85 Å². The summed E-state index contributed by atoms with van der Waals surface area (Å²) < 4.78 is 9.56. The molecular weight excluding hydrogens is 841 g/mol. The molecule has 0 radical (unpaired) electrons. The van der Waals surface area contributed by atoms with Gasteiger partial charge in [0, 0.05) is 63.6 Å². The monoisotopic (exact) mass is 878 g/mol. The number of hydrogen-bond donors (Lipinski definition) is 0. The molecule has 0 saturated heterocycles. The largest absolute Gasteiger partial charge is 0.317 e. The van der Waals surface area contributed by atoms with Gasteiger partial charge in [-0.05, 0) is 97.5 Å². The lowest BCUT2D eigenvalue weighted by atomic mass is 9.88. The van der Waals surface area contributed by atoms with Crippen LogP contribution in [0, 0.1) is 45.6 Å². The lowest BCUT2D eigenvalue weighted by Crippen LogP contribution is -2.09. The first-order valence-corrected chi connectivity index (χ1v) is 23.8. The van der Waals surface area contributed by atoms with Crippen LogP contribution in [0.25, 0.3) is 122 Å². The van der Waals surface area contributed by atoms with E-state index in [1.165, 1.54) is 53.2 Å². The molecule has 4 aromatic heterocycles. The van der Waals surface area contributed by atoms with Gasteiger partial charge in [0.2, 0.25) is 5.69 Å². The summed E-state index contributed by atoms with van der Waals surface area (Å²) >= 11 is 3.61. The molecule has 0 bridgehead atoms. The Bertz CT molecular complexity index is 4100. The number of benzene rings is 9. The van der Waals surface area contributed by atoms with Crippen LogP contribution in [0.2, 0.25) is 0 Å². The number of aromatic nitrogens is 2. The average Bonchev–Trinajstić information content (AvgIpc) is 4.09. The fraction of sp³-hybridized carbons (Fsp3) is 0.0667. The Hall–Kier alpha value is -8.00. The third kappa shape index (κ3) is 5.23. The Kier molecular flexibility index (Phi) is 8.30. The van der Waals surface area contributed by atoms with Crippen molar-refractivity contribution in [1.82, 2.24) is 9.13 Å². The van der Waals surface area contributed by atoms with E-state index in [1.807, 2.05) is 36.4 Å². The molecule has 0 aliphatic heterocycles. The highest BCUT2D eigenvalue weighted by atomic mass is 32.1. The van der Waals surface area contributed by atoms with E-state index in [-0.39, 0.29) is 0 Å². The van der Waals surface area contributed by atoms with Crippen LogP contribution in [0.1, 0.15) is 27.8 Å². The molecule has 0 aliphatic carbocycles. The molecule has 4 nitrogen and oxygen atoms in total. The van der Waals surface area contributed by atoms with Gasteiger partial charge in [0.15, 0.2) is 0 Å². The maximum Gasteiger partial charge on any atom is 0.220 e. The van der Waals surface area contributed by atoms with Gasteiger partial charge in [-0.1, -0.05) is 121 Å². The topological polar surface area (TPSA) is 38.0 Å². The van der Waals surface area contributed by atoms with Crippen LogP contribution in [-0.4, -0.2) is 9.13 Å². The maximum absolute atomic E-state index is 12.0. The van der Waals surface area contributed by atoms with Gasteiger partial charge in [0.25, 0.3) is 0 Å². The Morgan fingerprint density at radius 1 is 0.455 bits per heavy atom. The molecule has 13 aromatic rings. The van der Waals surface area contributed by atoms with E-state index < -0.39 is 0 Å². The highest BCUT2D eigenvalue weighted by Crippen LogP contribution is 2.54. The Morgan fingerprint density at radius 2 is 0.879 bits per heavy atom. The van der Waals surface area contributed by atoms with E-state index in [0.29, 0.717) is 16.8 Å². The molecule has 0 fully saturated rings. The van der Waals surface area contributed by atoms with E-state index in [1.54, 1.807) is 22.7 Å². The van der Waals surface area contributed by atoms with Crippen LogP contribution in [0.5, 0.6) is 0 Å². The summed E-state index contributed by atoms with van der Waals surface area (Å²) in [5.74, 6) is 0. The van der Waals surface area contributed by atoms with Gasteiger partial charge in [0.1, 0.15) is 6.07 Å². The number of hydrogen-bond acceptors (Lipinski definition) is 3. The predicted molar refractivity (Wildman–Crippen MR) is 282 cm³/mol. The summed E-state index contributed by atoms with van der Waals surface area (Å²) in [4.78, 5) is 4.60. The van der Waals surface area contributed by atoms with Gasteiger partial charge >= 0.3 is 0 Å². The summed E-state index contributed by atoms with van der Waals surface area (Å²) in [5.41, 5.74) is 14.6. The highest BCUT2D eigenvalue weighted by Gasteiger charge is 2.33. The van der Waals surface area contributed by atoms with Crippen molar-refractivity contribution in [1.29, 1.82) is 5.26 Å². The van der Waals surface area contributed by atoms with E-state index in [4.69, 9.17) is 0 Å². The van der Waals surface area contributed by atoms with Crippen molar-refractivity contribution < 1.29 is 0 Å². The molecule has 0 saturated carbocycles. The third-order valence-electron chi connectivity index (χ3n) is 14.0. The third-order valence-corrected chi connectivity index (χ3v) is 16.4. The van der Waals surface area contributed by atoms with Crippen LogP contribution in [0.15, 0.2) is 158 Å². The number of aryl methyl sites for hydroxylation is 4. The van der Waals surface area contributed by atoms with E-state index in [0.717, 1.165) is 81.1 Å². The van der Waals surface area contributed by atoms with Crippen molar-refractivity contribution in [2.24, 2.45) is 0 Å². The zero-order chi connectivity index (χ0) is 44.5. The normalized spacial score (nSPS) is 11.9. The van der Waals surface area contributed by atoms with E-state index >= 15 is 0 Å². The second kappa shape index (κ2) is 14.3. The number of thiophene rings is 2. The van der Waals surface area contributed by atoms with Crippen molar-refractivity contribution in [2.75, 3.05) is 0 Å². The lowest BCUT2D eigenvalue weighted by molar-refractivity contribution is 1.14. The second-order valence-corrected chi connectivity index (χ2v) is 19.7. The van der Waals surface area contributed by atoms with Gasteiger partial charge in [-0.15, -0.1) is 22.7 Å². The Morgan fingerprint density at radius 3 is 1.36 bits per heavy atom. The first-order valence-electron chi connectivity index (χ1n) is 22.2. The molecule has 0 atom stereocenters. The molecule has 0 unspecified atom stereocenters. The average molecular weight is 879 g/mol. The van der Waals surface area contributed by atoms with Crippen LogP contribution in [-0.2, 0) is 0 Å². The van der Waals surface area contributed by atoms with Gasteiger partial charge < -0.3 is 9.13 Å². The van der Waals surface area contributed by atoms with Gasteiger partial charge in [-0.3, -0.25) is 0 Å². The fourth-order valence-corrected chi connectivity index (χ4v) is 13.2. The number of rotatable bonds is 4. The molecule has 4 heterocycles. The summed E-state index contributed by atoms with van der Waals surface area (Å²) in [7, 11) is 0. The summed E-state index contributed by atoms with van der Waals surface area (Å²) in [6, 6.07) is 59.1. The molecule has 0 N–H and O–H groups in total. The minimum atomic E-state index is 0.440. The highest BCUT2D eigenvalue weighted by molar-refractivity contribution is 7.27.